The van der Waals surface area contributed by atoms with E-state index >= 15 is 0 Å². The molecule has 0 bridgehead atoms. The molecule has 0 radical (unpaired) electrons. The molecule has 6 heteroatoms. The first-order valence-corrected chi connectivity index (χ1v) is 9.06. The molecule has 0 unspecified atom stereocenters. The highest BCUT2D eigenvalue weighted by molar-refractivity contribution is 6.09. The number of ether oxygens (including phenoxy) is 1. The van der Waals surface area contributed by atoms with Gasteiger partial charge in [0.1, 0.15) is 16.9 Å². The van der Waals surface area contributed by atoms with E-state index in [4.69, 9.17) is 13.7 Å². The fourth-order valence-electron chi connectivity index (χ4n) is 3.33. The van der Waals surface area contributed by atoms with E-state index in [9.17, 15) is 4.79 Å². The highest BCUT2D eigenvalue weighted by Gasteiger charge is 2.18. The van der Waals surface area contributed by atoms with Crippen molar-refractivity contribution in [1.82, 2.24) is 5.16 Å². The van der Waals surface area contributed by atoms with Crippen LogP contribution in [-0.2, 0) is 0 Å². The molecular weight excluding hydrogens is 368 g/mol. The van der Waals surface area contributed by atoms with Crippen molar-refractivity contribution >= 4 is 33.5 Å². The average Bonchev–Trinajstić information content (AvgIpc) is 3.39. The Morgan fingerprint density at radius 1 is 0.931 bits per heavy atom. The lowest BCUT2D eigenvalue weighted by molar-refractivity contribution is 0.101. The van der Waals surface area contributed by atoms with Gasteiger partial charge in [0.2, 0.25) is 0 Å². The third kappa shape index (κ3) is 3.00. The van der Waals surface area contributed by atoms with Gasteiger partial charge in [-0.05, 0) is 12.1 Å². The molecule has 5 aromatic rings. The van der Waals surface area contributed by atoms with Crippen LogP contribution in [0.5, 0.6) is 5.75 Å². The van der Waals surface area contributed by atoms with Crippen LogP contribution >= 0.6 is 0 Å². The predicted octanol–water partition coefficient (Wildman–Crippen LogP) is 5.50. The van der Waals surface area contributed by atoms with Crippen LogP contribution in [0.3, 0.4) is 0 Å². The second kappa shape index (κ2) is 6.83. The van der Waals surface area contributed by atoms with Gasteiger partial charge in [-0.25, -0.2) is 0 Å². The summed E-state index contributed by atoms with van der Waals surface area (Å²) in [5, 5.41) is 8.63. The number of nitrogens with zero attached hydrogens (tertiary/aromatic N) is 1. The second-order valence-corrected chi connectivity index (χ2v) is 6.54. The smallest absolute Gasteiger partial charge is 0.277 e. The summed E-state index contributed by atoms with van der Waals surface area (Å²) < 4.78 is 16.7. The number of furan rings is 1. The van der Waals surface area contributed by atoms with Crippen LogP contribution in [0.25, 0.3) is 33.3 Å². The number of carbonyl (C=O) groups excluding carboxylic acids is 1. The Hall–Kier alpha value is -4.06. The lowest BCUT2D eigenvalue weighted by Gasteiger charge is -2.09. The molecule has 2 aromatic heterocycles. The minimum atomic E-state index is -0.398. The molecule has 0 aliphatic rings. The number of aromatic nitrogens is 1. The Morgan fingerprint density at radius 2 is 1.72 bits per heavy atom. The molecule has 0 aliphatic carbocycles. The first-order valence-electron chi connectivity index (χ1n) is 9.06. The number of anilines is 1. The van der Waals surface area contributed by atoms with Crippen molar-refractivity contribution in [2.24, 2.45) is 0 Å². The molecule has 29 heavy (non-hydrogen) atoms. The van der Waals surface area contributed by atoms with E-state index in [1.165, 1.54) is 0 Å². The molecule has 0 fully saturated rings. The molecule has 0 spiro atoms. The van der Waals surface area contributed by atoms with Crippen molar-refractivity contribution in [1.29, 1.82) is 0 Å². The summed E-state index contributed by atoms with van der Waals surface area (Å²) in [4.78, 5) is 12.7. The van der Waals surface area contributed by atoms with E-state index in [0.29, 0.717) is 22.8 Å². The van der Waals surface area contributed by atoms with Crippen LogP contribution in [0, 0.1) is 0 Å². The van der Waals surface area contributed by atoms with Crippen LogP contribution in [-0.4, -0.2) is 18.2 Å². The van der Waals surface area contributed by atoms with Crippen LogP contribution in [0.2, 0.25) is 0 Å². The maximum Gasteiger partial charge on any atom is 0.277 e. The number of hydrogen-bond donors (Lipinski definition) is 1. The molecule has 0 saturated carbocycles. The largest absolute Gasteiger partial charge is 0.495 e. The van der Waals surface area contributed by atoms with Crippen molar-refractivity contribution in [2.75, 3.05) is 12.4 Å². The van der Waals surface area contributed by atoms with Gasteiger partial charge in [-0.1, -0.05) is 53.7 Å². The number of nitrogens with one attached hydrogen (secondary N) is 1. The van der Waals surface area contributed by atoms with Gasteiger partial charge in [-0.3, -0.25) is 4.79 Å². The molecule has 2 heterocycles. The molecule has 5 rings (SSSR count). The minimum absolute atomic E-state index is 0.176. The second-order valence-electron chi connectivity index (χ2n) is 6.54. The number of hydrogen-bond acceptors (Lipinski definition) is 5. The summed E-state index contributed by atoms with van der Waals surface area (Å²) in [6, 6.07) is 22.5. The Morgan fingerprint density at radius 3 is 2.55 bits per heavy atom. The quantitative estimate of drug-likeness (QED) is 0.443. The summed E-state index contributed by atoms with van der Waals surface area (Å²) >= 11 is 0. The molecule has 0 saturated heterocycles. The number of benzene rings is 3. The van der Waals surface area contributed by atoms with Gasteiger partial charge in [0.05, 0.1) is 12.8 Å². The van der Waals surface area contributed by atoms with Crippen molar-refractivity contribution in [2.45, 2.75) is 0 Å². The minimum Gasteiger partial charge on any atom is -0.495 e. The number of methoxy groups -OCH3 is 1. The van der Waals surface area contributed by atoms with E-state index in [1.54, 1.807) is 19.2 Å². The van der Waals surface area contributed by atoms with Crippen LogP contribution in [0.1, 0.15) is 10.5 Å². The zero-order valence-corrected chi connectivity index (χ0v) is 15.5. The van der Waals surface area contributed by atoms with Crippen LogP contribution < -0.4 is 10.1 Å². The maximum absolute atomic E-state index is 12.7. The number of carbonyl (C=O) groups is 1. The fourth-order valence-corrected chi connectivity index (χ4v) is 3.33. The molecular formula is C23H16N2O4. The van der Waals surface area contributed by atoms with E-state index in [0.717, 1.165) is 21.9 Å². The molecule has 3 aromatic carbocycles. The number of rotatable bonds is 4. The van der Waals surface area contributed by atoms with Crippen molar-refractivity contribution in [3.8, 4) is 17.1 Å². The first-order chi connectivity index (χ1) is 14.2. The zero-order chi connectivity index (χ0) is 19.8. The first kappa shape index (κ1) is 17.1. The number of amides is 1. The van der Waals surface area contributed by atoms with Crippen LogP contribution in [0.4, 0.5) is 5.69 Å². The SMILES string of the molecule is COc1cc2c(cc1NC(=O)c1cc(-c3ccccc3)on1)oc1ccccc12. The van der Waals surface area contributed by atoms with Gasteiger partial charge in [0.15, 0.2) is 11.5 Å². The van der Waals surface area contributed by atoms with Gasteiger partial charge < -0.3 is 19.0 Å². The van der Waals surface area contributed by atoms with Gasteiger partial charge in [0, 0.05) is 28.5 Å². The number of para-hydroxylation sites is 1. The normalized spacial score (nSPS) is 11.1. The van der Waals surface area contributed by atoms with E-state index < -0.39 is 5.91 Å². The fraction of sp³-hybridized carbons (Fsp3) is 0.0435. The van der Waals surface area contributed by atoms with E-state index in [1.807, 2.05) is 60.7 Å². The maximum atomic E-state index is 12.7. The summed E-state index contributed by atoms with van der Waals surface area (Å²) in [7, 11) is 1.56. The van der Waals surface area contributed by atoms with Gasteiger partial charge in [-0.2, -0.15) is 0 Å². The van der Waals surface area contributed by atoms with Crippen molar-refractivity contribution in [3.05, 3.63) is 78.5 Å². The van der Waals surface area contributed by atoms with Gasteiger partial charge in [0.25, 0.3) is 5.91 Å². The Bertz CT molecular complexity index is 1340. The Kier molecular flexibility index (Phi) is 4.02. The summed E-state index contributed by atoms with van der Waals surface area (Å²) in [5.41, 5.74) is 2.95. The third-order valence-electron chi connectivity index (χ3n) is 4.75. The highest BCUT2D eigenvalue weighted by atomic mass is 16.5. The van der Waals surface area contributed by atoms with Crippen molar-refractivity contribution < 1.29 is 18.5 Å². The van der Waals surface area contributed by atoms with E-state index in [-0.39, 0.29) is 5.69 Å². The lowest BCUT2D eigenvalue weighted by atomic mass is 10.1. The molecule has 1 amide bonds. The molecule has 1 N–H and O–H groups in total. The average molecular weight is 384 g/mol. The zero-order valence-electron chi connectivity index (χ0n) is 15.5. The van der Waals surface area contributed by atoms with Gasteiger partial charge >= 0.3 is 0 Å². The predicted molar refractivity (Wildman–Crippen MR) is 110 cm³/mol. The highest BCUT2D eigenvalue weighted by Crippen LogP contribution is 2.36. The number of fused-ring (bicyclic) bond motifs is 3. The standard InChI is InChI=1S/C23H16N2O4/c1-27-22-11-16-15-9-5-6-10-19(15)28-21(16)12-17(22)24-23(26)18-13-20(29-25-18)14-7-3-2-4-8-14/h2-13H,1H3,(H,24,26). The third-order valence-corrected chi connectivity index (χ3v) is 4.75. The van der Waals surface area contributed by atoms with Crippen molar-refractivity contribution in [3.63, 3.8) is 0 Å². The monoisotopic (exact) mass is 384 g/mol. The molecule has 6 nitrogen and oxygen atoms in total. The van der Waals surface area contributed by atoms with E-state index in [2.05, 4.69) is 10.5 Å². The Balaban J connectivity index is 1.49. The molecule has 142 valence electrons. The summed E-state index contributed by atoms with van der Waals surface area (Å²) in [6.45, 7) is 0. The Labute approximate surface area is 165 Å². The topological polar surface area (TPSA) is 77.5 Å². The summed E-state index contributed by atoms with van der Waals surface area (Å²) in [6.07, 6.45) is 0. The molecule has 0 aliphatic heterocycles. The van der Waals surface area contributed by atoms with Gasteiger partial charge in [-0.15, -0.1) is 0 Å². The molecule has 0 atom stereocenters. The van der Waals surface area contributed by atoms with Crippen LogP contribution in [0.15, 0.2) is 81.7 Å². The lowest BCUT2D eigenvalue weighted by Crippen LogP contribution is -2.12. The summed E-state index contributed by atoms with van der Waals surface area (Å²) in [5.74, 6) is 0.657.